The lowest BCUT2D eigenvalue weighted by Gasteiger charge is -2.34. The molecule has 0 saturated carbocycles. The van der Waals surface area contributed by atoms with Crippen LogP contribution in [0.25, 0.3) is 0 Å². The van der Waals surface area contributed by atoms with Crippen molar-refractivity contribution in [2.75, 3.05) is 45.9 Å². The number of hydrogen-bond donors (Lipinski definition) is 1. The van der Waals surface area contributed by atoms with Crippen LogP contribution in [-0.2, 0) is 4.79 Å². The Morgan fingerprint density at radius 2 is 1.62 bits per heavy atom. The highest BCUT2D eigenvalue weighted by Crippen LogP contribution is 2.04. The Bertz CT molecular complexity index is 201. The maximum atomic E-state index is 10.8. The molecule has 1 N–H and O–H groups in total. The number of carbonyl (C=O) groups excluding carboxylic acids is 1. The number of hydrogen-bond acceptors (Lipinski definition) is 4. The zero-order valence-electron chi connectivity index (χ0n) is 10.3. The topological polar surface area (TPSA) is 43.8 Å². The van der Waals surface area contributed by atoms with E-state index in [4.69, 9.17) is 5.11 Å². The van der Waals surface area contributed by atoms with Crippen molar-refractivity contribution in [3.05, 3.63) is 0 Å². The van der Waals surface area contributed by atoms with Gasteiger partial charge in [0.15, 0.2) is 0 Å². The van der Waals surface area contributed by atoms with Gasteiger partial charge in [0.05, 0.1) is 6.61 Å². The number of ketones is 1. The van der Waals surface area contributed by atoms with Crippen molar-refractivity contribution >= 4 is 5.78 Å². The van der Waals surface area contributed by atoms with Crippen LogP contribution in [0.1, 0.15) is 26.2 Å². The number of aliphatic hydroxyl groups is 1. The number of aliphatic hydroxyl groups excluding tert-OH is 1. The van der Waals surface area contributed by atoms with E-state index in [0.717, 1.165) is 58.5 Å². The van der Waals surface area contributed by atoms with Gasteiger partial charge in [0.2, 0.25) is 0 Å². The van der Waals surface area contributed by atoms with Gasteiger partial charge in [0.1, 0.15) is 5.78 Å². The Kier molecular flexibility index (Phi) is 6.61. The summed E-state index contributed by atoms with van der Waals surface area (Å²) in [5.41, 5.74) is 0. The first-order valence-corrected chi connectivity index (χ1v) is 6.27. The molecule has 1 saturated heterocycles. The third kappa shape index (κ3) is 5.58. The van der Waals surface area contributed by atoms with Crippen molar-refractivity contribution in [3.8, 4) is 0 Å². The van der Waals surface area contributed by atoms with Crippen LogP contribution in [0.15, 0.2) is 0 Å². The second-order valence-electron chi connectivity index (χ2n) is 4.57. The molecule has 4 nitrogen and oxygen atoms in total. The summed E-state index contributed by atoms with van der Waals surface area (Å²) in [4.78, 5) is 15.5. The Morgan fingerprint density at radius 1 is 1.06 bits per heavy atom. The molecule has 1 heterocycles. The minimum Gasteiger partial charge on any atom is -0.395 e. The average Bonchev–Trinajstić information content (AvgIpc) is 2.27. The van der Waals surface area contributed by atoms with E-state index >= 15 is 0 Å². The Morgan fingerprint density at radius 3 is 2.12 bits per heavy atom. The van der Waals surface area contributed by atoms with E-state index in [1.807, 2.05) is 0 Å². The molecule has 0 unspecified atom stereocenters. The van der Waals surface area contributed by atoms with E-state index in [2.05, 4.69) is 9.80 Å². The van der Waals surface area contributed by atoms with Crippen LogP contribution in [0, 0.1) is 0 Å². The van der Waals surface area contributed by atoms with E-state index in [1.165, 1.54) is 0 Å². The van der Waals surface area contributed by atoms with Crippen molar-refractivity contribution in [3.63, 3.8) is 0 Å². The third-order valence-corrected chi connectivity index (χ3v) is 3.13. The summed E-state index contributed by atoms with van der Waals surface area (Å²) < 4.78 is 0. The lowest BCUT2D eigenvalue weighted by molar-refractivity contribution is -0.117. The minimum atomic E-state index is 0.263. The highest BCUT2D eigenvalue weighted by Gasteiger charge is 2.15. The molecule has 1 aliphatic rings. The normalized spacial score (nSPS) is 18.9. The summed E-state index contributed by atoms with van der Waals surface area (Å²) in [6.07, 6.45) is 2.87. The van der Waals surface area contributed by atoms with E-state index < -0.39 is 0 Å². The number of unbranched alkanes of at least 4 members (excludes halogenated alkanes) is 1. The van der Waals surface area contributed by atoms with Gasteiger partial charge in [-0.2, -0.15) is 0 Å². The molecule has 0 spiro atoms. The average molecular weight is 228 g/mol. The van der Waals surface area contributed by atoms with Crippen molar-refractivity contribution in [2.24, 2.45) is 0 Å². The van der Waals surface area contributed by atoms with Gasteiger partial charge in [-0.3, -0.25) is 4.90 Å². The van der Waals surface area contributed by atoms with Crippen LogP contribution in [0.4, 0.5) is 0 Å². The quantitative estimate of drug-likeness (QED) is 0.639. The lowest BCUT2D eigenvalue weighted by Crippen LogP contribution is -2.47. The smallest absolute Gasteiger partial charge is 0.129 e. The van der Waals surface area contributed by atoms with Crippen LogP contribution in [0.3, 0.4) is 0 Å². The van der Waals surface area contributed by atoms with Gasteiger partial charge in [-0.25, -0.2) is 0 Å². The highest BCUT2D eigenvalue weighted by atomic mass is 16.3. The molecular weight excluding hydrogens is 204 g/mol. The number of carbonyl (C=O) groups is 1. The molecule has 4 heteroatoms. The molecule has 0 atom stereocenters. The summed E-state index contributed by atoms with van der Waals surface area (Å²) in [7, 11) is 0. The van der Waals surface area contributed by atoms with E-state index in [1.54, 1.807) is 6.92 Å². The molecule has 1 rings (SSSR count). The first kappa shape index (κ1) is 13.6. The molecule has 0 bridgehead atoms. The number of Topliss-reactive ketones (excluding diaryl/α,β-unsaturated/α-hetero) is 1. The predicted octanol–water partition coefficient (Wildman–Crippen LogP) is 0.356. The molecule has 0 aromatic carbocycles. The molecule has 0 aromatic rings. The maximum Gasteiger partial charge on any atom is 0.129 e. The number of nitrogens with zero attached hydrogens (tertiary/aromatic N) is 2. The van der Waals surface area contributed by atoms with Crippen LogP contribution in [0.5, 0.6) is 0 Å². The molecule has 0 aromatic heterocycles. The minimum absolute atomic E-state index is 0.263. The number of piperazine rings is 1. The second-order valence-corrected chi connectivity index (χ2v) is 4.57. The van der Waals surface area contributed by atoms with Crippen molar-refractivity contribution in [1.29, 1.82) is 0 Å². The summed E-state index contributed by atoms with van der Waals surface area (Å²) in [6.45, 7) is 8.16. The fourth-order valence-electron chi connectivity index (χ4n) is 2.09. The van der Waals surface area contributed by atoms with Crippen LogP contribution >= 0.6 is 0 Å². The van der Waals surface area contributed by atoms with Crippen molar-refractivity contribution in [1.82, 2.24) is 9.80 Å². The largest absolute Gasteiger partial charge is 0.395 e. The van der Waals surface area contributed by atoms with Crippen LogP contribution in [-0.4, -0.2) is 66.6 Å². The molecule has 0 aliphatic carbocycles. The van der Waals surface area contributed by atoms with Gasteiger partial charge >= 0.3 is 0 Å². The standard InChI is InChI=1S/C12H24N2O2/c1-12(16)4-2-3-5-13-6-8-14(9-7-13)10-11-15/h15H,2-11H2,1H3. The van der Waals surface area contributed by atoms with E-state index in [-0.39, 0.29) is 6.61 Å². The second kappa shape index (κ2) is 7.76. The summed E-state index contributed by atoms with van der Waals surface area (Å²) >= 11 is 0. The van der Waals surface area contributed by atoms with E-state index in [9.17, 15) is 4.79 Å². The first-order valence-electron chi connectivity index (χ1n) is 6.27. The summed E-state index contributed by atoms with van der Waals surface area (Å²) in [6, 6.07) is 0. The van der Waals surface area contributed by atoms with Gasteiger partial charge in [0.25, 0.3) is 0 Å². The fraction of sp³-hybridized carbons (Fsp3) is 0.917. The first-order chi connectivity index (χ1) is 7.72. The third-order valence-electron chi connectivity index (χ3n) is 3.13. The molecular formula is C12H24N2O2. The number of rotatable bonds is 7. The Balaban J connectivity index is 2.01. The molecule has 16 heavy (non-hydrogen) atoms. The van der Waals surface area contributed by atoms with Crippen LogP contribution in [0.2, 0.25) is 0 Å². The zero-order chi connectivity index (χ0) is 11.8. The van der Waals surface area contributed by atoms with Crippen molar-refractivity contribution in [2.45, 2.75) is 26.2 Å². The summed E-state index contributed by atoms with van der Waals surface area (Å²) in [5.74, 6) is 0.299. The monoisotopic (exact) mass is 228 g/mol. The molecule has 0 radical (unpaired) electrons. The maximum absolute atomic E-state index is 10.8. The molecule has 94 valence electrons. The van der Waals surface area contributed by atoms with E-state index in [0.29, 0.717) is 5.78 Å². The molecule has 1 aliphatic heterocycles. The SMILES string of the molecule is CC(=O)CCCCN1CCN(CCO)CC1. The zero-order valence-corrected chi connectivity index (χ0v) is 10.3. The van der Waals surface area contributed by atoms with Gasteiger partial charge in [-0.15, -0.1) is 0 Å². The van der Waals surface area contributed by atoms with Gasteiger partial charge in [0, 0.05) is 39.1 Å². The molecule has 0 amide bonds. The Labute approximate surface area is 98.2 Å². The van der Waals surface area contributed by atoms with Crippen molar-refractivity contribution < 1.29 is 9.90 Å². The predicted molar refractivity (Wildman–Crippen MR) is 64.5 cm³/mol. The number of β-amino-alcohol motifs (C(OH)–C–C–N with tert-alkyl or cyclic N) is 1. The summed E-state index contributed by atoms with van der Waals surface area (Å²) in [5, 5.41) is 8.82. The van der Waals surface area contributed by atoms with Gasteiger partial charge < -0.3 is 14.8 Å². The van der Waals surface area contributed by atoms with Gasteiger partial charge in [-0.05, 0) is 26.3 Å². The fourth-order valence-corrected chi connectivity index (χ4v) is 2.09. The van der Waals surface area contributed by atoms with Gasteiger partial charge in [-0.1, -0.05) is 0 Å². The Hall–Kier alpha value is -0.450. The lowest BCUT2D eigenvalue weighted by atomic mass is 10.2. The van der Waals surface area contributed by atoms with Crippen LogP contribution < -0.4 is 0 Å². The molecule has 1 fully saturated rings. The highest BCUT2D eigenvalue weighted by molar-refractivity contribution is 5.75.